The zero-order valence-corrected chi connectivity index (χ0v) is 15.8. The highest BCUT2D eigenvalue weighted by Crippen LogP contribution is 2.13. The van der Waals surface area contributed by atoms with Crippen LogP contribution in [0.5, 0.6) is 5.75 Å². The number of likely N-dealkylation sites (N-methyl/N-ethyl adjacent to an activating group) is 1. The van der Waals surface area contributed by atoms with Crippen LogP contribution in [0.4, 0.5) is 5.69 Å². The Morgan fingerprint density at radius 2 is 1.61 bits per heavy atom. The molecule has 3 rings (SSSR count). The van der Waals surface area contributed by atoms with Gasteiger partial charge < -0.3 is 9.64 Å². The summed E-state index contributed by atoms with van der Waals surface area (Å²) < 4.78 is 5.76. The second-order valence-electron chi connectivity index (χ2n) is 6.33. The molecule has 28 heavy (non-hydrogen) atoms. The molecular weight excluding hydrogens is 350 g/mol. The van der Waals surface area contributed by atoms with Gasteiger partial charge in [-0.25, -0.2) is 5.43 Å². The summed E-state index contributed by atoms with van der Waals surface area (Å²) in [6, 6.07) is 27.3. The molecule has 3 aromatic carbocycles. The molecule has 0 fully saturated rings. The summed E-state index contributed by atoms with van der Waals surface area (Å²) in [7, 11) is 1.87. The lowest BCUT2D eigenvalue weighted by atomic mass is 10.2. The molecule has 1 amide bonds. The van der Waals surface area contributed by atoms with Crippen LogP contribution in [0.3, 0.4) is 0 Å². The van der Waals surface area contributed by atoms with Gasteiger partial charge in [0.25, 0.3) is 5.91 Å². The number of nitrogens with one attached hydrogen (secondary N) is 1. The largest absolute Gasteiger partial charge is 0.489 e. The maximum Gasteiger partial charge on any atom is 0.259 e. The Balaban J connectivity index is 1.44. The molecule has 0 bridgehead atoms. The highest BCUT2D eigenvalue weighted by molar-refractivity contribution is 5.84. The number of ether oxygens (including phenoxy) is 1. The Kier molecular flexibility index (Phi) is 6.79. The number of para-hydroxylation sites is 1. The summed E-state index contributed by atoms with van der Waals surface area (Å²) in [5.74, 6) is 0.611. The van der Waals surface area contributed by atoms with Gasteiger partial charge in [-0.3, -0.25) is 4.79 Å². The van der Waals surface area contributed by atoms with E-state index in [-0.39, 0.29) is 12.5 Å². The van der Waals surface area contributed by atoms with Crippen LogP contribution in [0, 0.1) is 0 Å². The molecule has 0 aliphatic rings. The van der Waals surface area contributed by atoms with Crippen molar-refractivity contribution >= 4 is 17.8 Å². The number of rotatable bonds is 8. The fourth-order valence-corrected chi connectivity index (χ4v) is 2.59. The highest BCUT2D eigenvalue weighted by Gasteiger charge is 2.05. The quantitative estimate of drug-likeness (QED) is 0.482. The van der Waals surface area contributed by atoms with Gasteiger partial charge in [-0.05, 0) is 47.5 Å². The third-order valence-corrected chi connectivity index (χ3v) is 4.11. The lowest BCUT2D eigenvalue weighted by Crippen LogP contribution is -2.32. The lowest BCUT2D eigenvalue weighted by molar-refractivity contribution is -0.119. The zero-order valence-electron chi connectivity index (χ0n) is 15.8. The number of hydrogen-bond donors (Lipinski definition) is 1. The van der Waals surface area contributed by atoms with Crippen molar-refractivity contribution in [3.05, 3.63) is 96.1 Å². The third kappa shape index (κ3) is 5.99. The normalized spacial score (nSPS) is 10.6. The van der Waals surface area contributed by atoms with Gasteiger partial charge >= 0.3 is 0 Å². The van der Waals surface area contributed by atoms with Crippen LogP contribution in [-0.4, -0.2) is 25.7 Å². The average Bonchev–Trinajstić information content (AvgIpc) is 2.74. The second kappa shape index (κ2) is 9.92. The first-order valence-corrected chi connectivity index (χ1v) is 9.05. The van der Waals surface area contributed by atoms with Gasteiger partial charge in [-0.2, -0.15) is 5.10 Å². The van der Waals surface area contributed by atoms with Crippen LogP contribution < -0.4 is 15.1 Å². The summed E-state index contributed by atoms with van der Waals surface area (Å²) in [6.45, 7) is 0.757. The predicted octanol–water partition coefficient (Wildman–Crippen LogP) is 3.85. The van der Waals surface area contributed by atoms with E-state index in [1.165, 1.54) is 0 Å². The minimum Gasteiger partial charge on any atom is -0.489 e. The summed E-state index contributed by atoms with van der Waals surface area (Å²) in [5, 5.41) is 4.02. The maximum atomic E-state index is 12.0. The topological polar surface area (TPSA) is 53.9 Å². The van der Waals surface area contributed by atoms with Gasteiger partial charge in [0.2, 0.25) is 0 Å². The number of amides is 1. The SMILES string of the molecule is CN(CC(=O)N/N=C\c1ccc(OCc2ccccc2)cc1)c1ccccc1. The monoisotopic (exact) mass is 373 g/mol. The minimum atomic E-state index is -0.176. The van der Waals surface area contributed by atoms with E-state index in [1.807, 2.05) is 96.9 Å². The zero-order chi connectivity index (χ0) is 19.6. The molecule has 0 saturated heterocycles. The van der Waals surface area contributed by atoms with Crippen molar-refractivity contribution in [2.75, 3.05) is 18.5 Å². The molecule has 0 atom stereocenters. The van der Waals surface area contributed by atoms with Gasteiger partial charge in [0, 0.05) is 12.7 Å². The molecule has 5 nitrogen and oxygen atoms in total. The van der Waals surface area contributed by atoms with Crippen LogP contribution in [0.1, 0.15) is 11.1 Å². The van der Waals surface area contributed by atoms with Gasteiger partial charge in [-0.1, -0.05) is 48.5 Å². The highest BCUT2D eigenvalue weighted by atomic mass is 16.5. The van der Waals surface area contributed by atoms with Gasteiger partial charge in [0.05, 0.1) is 12.8 Å². The molecule has 1 N–H and O–H groups in total. The van der Waals surface area contributed by atoms with E-state index in [9.17, 15) is 4.79 Å². The van der Waals surface area contributed by atoms with Crippen molar-refractivity contribution < 1.29 is 9.53 Å². The Labute approximate surface area is 165 Å². The molecule has 0 aliphatic heterocycles. The van der Waals surface area contributed by atoms with Crippen molar-refractivity contribution in [1.82, 2.24) is 5.43 Å². The summed E-state index contributed by atoms with van der Waals surface area (Å²) in [5.41, 5.74) is 5.53. The van der Waals surface area contributed by atoms with E-state index in [4.69, 9.17) is 4.74 Å². The molecule has 5 heteroatoms. The molecule has 3 aromatic rings. The first-order valence-electron chi connectivity index (χ1n) is 9.05. The Morgan fingerprint density at radius 3 is 2.29 bits per heavy atom. The van der Waals surface area contributed by atoms with E-state index < -0.39 is 0 Å². The number of anilines is 1. The fourth-order valence-electron chi connectivity index (χ4n) is 2.59. The van der Waals surface area contributed by atoms with E-state index in [1.54, 1.807) is 6.21 Å². The molecule has 0 spiro atoms. The molecule has 0 unspecified atom stereocenters. The number of hydrazone groups is 1. The molecule has 142 valence electrons. The maximum absolute atomic E-state index is 12.0. The van der Waals surface area contributed by atoms with Crippen LogP contribution in [-0.2, 0) is 11.4 Å². The van der Waals surface area contributed by atoms with Crippen molar-refractivity contribution in [3.8, 4) is 5.75 Å². The Hall–Kier alpha value is -3.60. The smallest absolute Gasteiger partial charge is 0.259 e. The molecular formula is C23H23N3O2. The summed E-state index contributed by atoms with van der Waals surface area (Å²) in [6.07, 6.45) is 1.61. The van der Waals surface area contributed by atoms with Gasteiger partial charge in [0.15, 0.2) is 0 Å². The molecule has 0 aliphatic carbocycles. The predicted molar refractivity (Wildman–Crippen MR) is 113 cm³/mol. The van der Waals surface area contributed by atoms with E-state index in [2.05, 4.69) is 10.5 Å². The summed E-state index contributed by atoms with van der Waals surface area (Å²) >= 11 is 0. The standard InChI is InChI=1S/C23H23N3O2/c1-26(21-10-6-3-7-11-21)17-23(27)25-24-16-19-12-14-22(15-13-19)28-18-20-8-4-2-5-9-20/h2-16H,17-18H2,1H3,(H,25,27)/b24-16-. The first kappa shape index (κ1) is 19.2. The van der Waals surface area contributed by atoms with Crippen molar-refractivity contribution in [2.45, 2.75) is 6.61 Å². The Morgan fingerprint density at radius 1 is 0.964 bits per heavy atom. The number of carbonyl (C=O) groups is 1. The van der Waals surface area contributed by atoms with Gasteiger partial charge in [0.1, 0.15) is 12.4 Å². The number of carbonyl (C=O) groups excluding carboxylic acids is 1. The van der Waals surface area contributed by atoms with E-state index in [0.29, 0.717) is 6.61 Å². The number of nitrogens with zero attached hydrogens (tertiary/aromatic N) is 2. The first-order chi connectivity index (χ1) is 13.7. The lowest BCUT2D eigenvalue weighted by Gasteiger charge is -2.17. The summed E-state index contributed by atoms with van der Waals surface area (Å²) in [4.78, 5) is 13.9. The molecule has 0 radical (unpaired) electrons. The van der Waals surface area contributed by atoms with Gasteiger partial charge in [-0.15, -0.1) is 0 Å². The van der Waals surface area contributed by atoms with Crippen molar-refractivity contribution in [1.29, 1.82) is 0 Å². The molecule has 0 heterocycles. The van der Waals surface area contributed by atoms with Crippen LogP contribution in [0.25, 0.3) is 0 Å². The minimum absolute atomic E-state index is 0.176. The van der Waals surface area contributed by atoms with Crippen molar-refractivity contribution in [3.63, 3.8) is 0 Å². The molecule has 0 aromatic heterocycles. The van der Waals surface area contributed by atoms with E-state index in [0.717, 1.165) is 22.6 Å². The average molecular weight is 373 g/mol. The van der Waals surface area contributed by atoms with E-state index >= 15 is 0 Å². The molecule has 0 saturated carbocycles. The number of benzene rings is 3. The van der Waals surface area contributed by atoms with Crippen molar-refractivity contribution in [2.24, 2.45) is 5.10 Å². The Bertz CT molecular complexity index is 894. The third-order valence-electron chi connectivity index (χ3n) is 4.11. The van der Waals surface area contributed by atoms with Crippen LogP contribution >= 0.6 is 0 Å². The fraction of sp³-hybridized carbons (Fsp3) is 0.130. The number of hydrogen-bond acceptors (Lipinski definition) is 4. The van der Waals surface area contributed by atoms with Crippen LogP contribution in [0.15, 0.2) is 90.0 Å². The second-order valence-corrected chi connectivity index (χ2v) is 6.33. The van der Waals surface area contributed by atoms with Crippen LogP contribution in [0.2, 0.25) is 0 Å².